The van der Waals surface area contributed by atoms with Gasteiger partial charge in [-0.1, -0.05) is 19.1 Å². The van der Waals surface area contributed by atoms with E-state index in [4.69, 9.17) is 0 Å². The Balaban J connectivity index is 2.06. The predicted molar refractivity (Wildman–Crippen MR) is 59.7 cm³/mol. The van der Waals surface area contributed by atoms with Gasteiger partial charge in [-0.05, 0) is 24.6 Å². The van der Waals surface area contributed by atoms with Gasteiger partial charge in [0.25, 0.3) is 5.91 Å². The summed E-state index contributed by atoms with van der Waals surface area (Å²) in [5.74, 6) is -0.423. The highest BCUT2D eigenvalue weighted by atomic mass is 19.1. The smallest absolute Gasteiger partial charge is 0.254 e. The van der Waals surface area contributed by atoms with Crippen molar-refractivity contribution in [3.8, 4) is 0 Å². The van der Waals surface area contributed by atoms with Crippen LogP contribution in [-0.4, -0.2) is 25.0 Å². The summed E-state index contributed by atoms with van der Waals surface area (Å²) in [6.45, 7) is 3.70. The molecule has 1 aliphatic heterocycles. The van der Waals surface area contributed by atoms with Gasteiger partial charge in [0.05, 0.1) is 5.56 Å². The summed E-state index contributed by atoms with van der Waals surface area (Å²) in [6, 6.07) is 6.12. The fraction of sp³-hybridized carbons (Fsp3) is 0.417. The van der Waals surface area contributed by atoms with Crippen molar-refractivity contribution in [2.45, 2.75) is 13.0 Å². The molecule has 0 bridgehead atoms. The van der Waals surface area contributed by atoms with E-state index in [0.717, 1.165) is 13.1 Å². The molecule has 0 spiro atoms. The molecule has 2 atom stereocenters. The summed E-state index contributed by atoms with van der Waals surface area (Å²) < 4.78 is 13.3. The molecule has 0 saturated carbocycles. The zero-order chi connectivity index (χ0) is 11.5. The van der Waals surface area contributed by atoms with E-state index < -0.39 is 5.82 Å². The highest BCUT2D eigenvalue weighted by molar-refractivity contribution is 5.94. The van der Waals surface area contributed by atoms with E-state index in [1.165, 1.54) is 12.1 Å². The third-order valence-corrected chi connectivity index (χ3v) is 2.95. The molecule has 4 heteroatoms. The number of hydrogen-bond donors (Lipinski definition) is 2. The number of nitrogens with one attached hydrogen (secondary N) is 2. The van der Waals surface area contributed by atoms with Crippen LogP contribution in [0.3, 0.4) is 0 Å². The molecule has 1 aromatic rings. The minimum atomic E-state index is -0.474. The Bertz CT molecular complexity index is 394. The minimum absolute atomic E-state index is 0.0899. The van der Waals surface area contributed by atoms with Gasteiger partial charge in [-0.3, -0.25) is 4.79 Å². The molecule has 1 aromatic carbocycles. The van der Waals surface area contributed by atoms with Crippen LogP contribution in [0, 0.1) is 11.7 Å². The molecule has 3 nitrogen and oxygen atoms in total. The average molecular weight is 222 g/mol. The number of amides is 1. The normalized spacial score (nSPS) is 24.4. The highest BCUT2D eigenvalue weighted by Gasteiger charge is 2.25. The number of carbonyl (C=O) groups is 1. The van der Waals surface area contributed by atoms with E-state index >= 15 is 0 Å². The van der Waals surface area contributed by atoms with Gasteiger partial charge in [0, 0.05) is 12.6 Å². The van der Waals surface area contributed by atoms with E-state index in [-0.39, 0.29) is 17.5 Å². The number of hydrogen-bond acceptors (Lipinski definition) is 2. The first kappa shape index (κ1) is 11.1. The van der Waals surface area contributed by atoms with Crippen LogP contribution in [-0.2, 0) is 0 Å². The number of halogens is 1. The van der Waals surface area contributed by atoms with Crippen molar-refractivity contribution in [1.29, 1.82) is 0 Å². The zero-order valence-electron chi connectivity index (χ0n) is 9.16. The van der Waals surface area contributed by atoms with Crippen molar-refractivity contribution in [3.63, 3.8) is 0 Å². The molecule has 0 aromatic heterocycles. The summed E-state index contributed by atoms with van der Waals surface area (Å²) in [6.07, 6.45) is 0. The van der Waals surface area contributed by atoms with Gasteiger partial charge in [-0.2, -0.15) is 0 Å². The van der Waals surface area contributed by atoms with Crippen LogP contribution < -0.4 is 10.6 Å². The van der Waals surface area contributed by atoms with Crippen LogP contribution in [0.2, 0.25) is 0 Å². The first-order valence-electron chi connectivity index (χ1n) is 5.44. The Morgan fingerprint density at radius 1 is 1.44 bits per heavy atom. The quantitative estimate of drug-likeness (QED) is 0.788. The molecule has 1 heterocycles. The molecule has 0 aliphatic carbocycles. The van der Waals surface area contributed by atoms with Gasteiger partial charge in [0.2, 0.25) is 0 Å². The van der Waals surface area contributed by atoms with Gasteiger partial charge in [0.15, 0.2) is 0 Å². The fourth-order valence-electron chi connectivity index (χ4n) is 1.89. The Hall–Kier alpha value is -1.42. The topological polar surface area (TPSA) is 41.1 Å². The zero-order valence-corrected chi connectivity index (χ0v) is 9.16. The van der Waals surface area contributed by atoms with Gasteiger partial charge < -0.3 is 10.6 Å². The second kappa shape index (κ2) is 4.61. The van der Waals surface area contributed by atoms with Crippen molar-refractivity contribution < 1.29 is 9.18 Å². The van der Waals surface area contributed by atoms with E-state index in [0.29, 0.717) is 5.92 Å². The molecule has 86 valence electrons. The Labute approximate surface area is 94.0 Å². The lowest BCUT2D eigenvalue weighted by Gasteiger charge is -2.16. The molecule has 1 fully saturated rings. The SMILES string of the molecule is CC1CNCC1NC(=O)c1ccccc1F. The third kappa shape index (κ3) is 2.22. The number of rotatable bonds is 2. The molecule has 2 rings (SSSR count). The van der Waals surface area contributed by atoms with Gasteiger partial charge in [-0.25, -0.2) is 4.39 Å². The molecule has 2 unspecified atom stereocenters. The maximum atomic E-state index is 13.3. The first-order chi connectivity index (χ1) is 7.68. The molecule has 0 radical (unpaired) electrons. The van der Waals surface area contributed by atoms with E-state index in [9.17, 15) is 9.18 Å². The molecule has 2 N–H and O–H groups in total. The highest BCUT2D eigenvalue weighted by Crippen LogP contribution is 2.10. The van der Waals surface area contributed by atoms with E-state index in [2.05, 4.69) is 17.6 Å². The van der Waals surface area contributed by atoms with Crippen molar-refractivity contribution >= 4 is 5.91 Å². The van der Waals surface area contributed by atoms with E-state index in [1.807, 2.05) is 0 Å². The monoisotopic (exact) mass is 222 g/mol. The lowest BCUT2D eigenvalue weighted by molar-refractivity contribution is 0.0929. The fourth-order valence-corrected chi connectivity index (χ4v) is 1.89. The summed E-state index contributed by atoms with van der Waals surface area (Å²) in [5, 5.41) is 6.03. The summed E-state index contributed by atoms with van der Waals surface area (Å²) >= 11 is 0. The first-order valence-corrected chi connectivity index (χ1v) is 5.44. The van der Waals surface area contributed by atoms with Gasteiger partial charge in [-0.15, -0.1) is 0 Å². The maximum absolute atomic E-state index is 13.3. The Kier molecular flexibility index (Phi) is 3.19. The van der Waals surface area contributed by atoms with Crippen LogP contribution in [0.15, 0.2) is 24.3 Å². The van der Waals surface area contributed by atoms with Crippen LogP contribution in [0.4, 0.5) is 4.39 Å². The van der Waals surface area contributed by atoms with Gasteiger partial charge >= 0.3 is 0 Å². The predicted octanol–water partition coefficient (Wildman–Crippen LogP) is 1.16. The maximum Gasteiger partial charge on any atom is 0.254 e. The standard InChI is InChI=1S/C12H15FN2O/c1-8-6-14-7-11(8)15-12(16)9-4-2-3-5-10(9)13/h2-5,8,11,14H,6-7H2,1H3,(H,15,16). The van der Waals surface area contributed by atoms with Crippen LogP contribution in [0.5, 0.6) is 0 Å². The van der Waals surface area contributed by atoms with Gasteiger partial charge in [0.1, 0.15) is 5.82 Å². The minimum Gasteiger partial charge on any atom is -0.348 e. The van der Waals surface area contributed by atoms with Crippen molar-refractivity contribution in [3.05, 3.63) is 35.6 Å². The van der Waals surface area contributed by atoms with Crippen molar-refractivity contribution in [2.24, 2.45) is 5.92 Å². The van der Waals surface area contributed by atoms with Crippen molar-refractivity contribution in [2.75, 3.05) is 13.1 Å². The second-order valence-corrected chi connectivity index (χ2v) is 4.20. The lowest BCUT2D eigenvalue weighted by Crippen LogP contribution is -2.39. The molecular formula is C12H15FN2O. The molecule has 1 amide bonds. The molecule has 1 aliphatic rings. The van der Waals surface area contributed by atoms with E-state index in [1.54, 1.807) is 12.1 Å². The number of benzene rings is 1. The average Bonchev–Trinajstić information content (AvgIpc) is 2.65. The van der Waals surface area contributed by atoms with Crippen LogP contribution >= 0.6 is 0 Å². The summed E-state index contributed by atoms with van der Waals surface area (Å²) in [5.41, 5.74) is 0.113. The summed E-state index contributed by atoms with van der Waals surface area (Å²) in [4.78, 5) is 11.8. The largest absolute Gasteiger partial charge is 0.348 e. The third-order valence-electron chi connectivity index (χ3n) is 2.95. The number of carbonyl (C=O) groups excluding carboxylic acids is 1. The molecular weight excluding hydrogens is 207 g/mol. The lowest BCUT2D eigenvalue weighted by atomic mass is 10.1. The van der Waals surface area contributed by atoms with Crippen LogP contribution in [0.25, 0.3) is 0 Å². The second-order valence-electron chi connectivity index (χ2n) is 4.20. The molecule has 16 heavy (non-hydrogen) atoms. The van der Waals surface area contributed by atoms with Crippen LogP contribution in [0.1, 0.15) is 17.3 Å². The Morgan fingerprint density at radius 2 is 2.19 bits per heavy atom. The Morgan fingerprint density at radius 3 is 2.81 bits per heavy atom. The molecule has 1 saturated heterocycles. The summed E-state index contributed by atoms with van der Waals surface area (Å²) in [7, 11) is 0. The van der Waals surface area contributed by atoms with Crippen molar-refractivity contribution in [1.82, 2.24) is 10.6 Å².